The summed E-state index contributed by atoms with van der Waals surface area (Å²) in [4.78, 5) is 12.3. The van der Waals surface area contributed by atoms with E-state index in [4.69, 9.17) is 5.73 Å². The van der Waals surface area contributed by atoms with Crippen molar-refractivity contribution < 1.29 is 0 Å². The molecule has 0 saturated heterocycles. The minimum atomic E-state index is 0.517. The summed E-state index contributed by atoms with van der Waals surface area (Å²) < 4.78 is 2.01. The molecule has 0 bridgehead atoms. The number of anilines is 1. The van der Waals surface area contributed by atoms with E-state index in [0.717, 1.165) is 5.69 Å². The van der Waals surface area contributed by atoms with Gasteiger partial charge in [-0.1, -0.05) is 0 Å². The number of nitrogens with zero attached hydrogens (tertiary/aromatic N) is 4. The normalized spacial score (nSPS) is 17.1. The van der Waals surface area contributed by atoms with Crippen LogP contribution in [0.5, 0.6) is 0 Å². The Balaban J connectivity index is 2.13. The summed E-state index contributed by atoms with van der Waals surface area (Å²) in [5.74, 6) is 1.18. The first-order valence-corrected chi connectivity index (χ1v) is 4.79. The molecule has 5 nitrogen and oxygen atoms in total. The number of imidazole rings is 1. The first kappa shape index (κ1) is 7.73. The maximum Gasteiger partial charge on any atom is 0.202 e. The maximum atomic E-state index is 5.84. The summed E-state index contributed by atoms with van der Waals surface area (Å²) in [6.07, 6.45) is 7.13. The topological polar surface area (TPSA) is 69.6 Å². The third-order valence-electron chi connectivity index (χ3n) is 2.82. The highest BCUT2D eigenvalue weighted by atomic mass is 15.2. The summed E-state index contributed by atoms with van der Waals surface area (Å²) >= 11 is 0. The molecule has 1 aliphatic carbocycles. The van der Waals surface area contributed by atoms with Crippen molar-refractivity contribution in [1.29, 1.82) is 0 Å². The van der Waals surface area contributed by atoms with Crippen LogP contribution in [0.2, 0.25) is 0 Å². The first-order valence-electron chi connectivity index (χ1n) is 4.79. The number of rotatable bonds is 1. The Morgan fingerprint density at radius 2 is 2.21 bits per heavy atom. The van der Waals surface area contributed by atoms with Gasteiger partial charge in [-0.25, -0.2) is 9.97 Å². The van der Waals surface area contributed by atoms with Crippen molar-refractivity contribution in [3.63, 3.8) is 0 Å². The Bertz CT molecular complexity index is 431. The molecule has 0 spiro atoms. The average molecular weight is 189 g/mol. The summed E-state index contributed by atoms with van der Waals surface area (Å²) in [6, 6.07) is 0.517. The number of hydrogen-bond donors (Lipinski definition) is 1. The van der Waals surface area contributed by atoms with Crippen molar-refractivity contribution >= 4 is 5.95 Å². The molecule has 5 heteroatoms. The second-order valence-electron chi connectivity index (χ2n) is 3.67. The molecule has 14 heavy (non-hydrogen) atoms. The van der Waals surface area contributed by atoms with Gasteiger partial charge in [0.15, 0.2) is 5.82 Å². The molecule has 3 rings (SSSR count). The minimum Gasteiger partial charge on any atom is -0.369 e. The van der Waals surface area contributed by atoms with Gasteiger partial charge < -0.3 is 10.3 Å². The van der Waals surface area contributed by atoms with E-state index in [-0.39, 0.29) is 0 Å². The van der Waals surface area contributed by atoms with Gasteiger partial charge in [-0.05, 0) is 19.3 Å². The van der Waals surface area contributed by atoms with Gasteiger partial charge in [0, 0.05) is 12.2 Å². The number of aromatic nitrogens is 4. The zero-order valence-electron chi connectivity index (χ0n) is 7.72. The van der Waals surface area contributed by atoms with E-state index in [1.807, 2.05) is 10.8 Å². The number of nitrogen functional groups attached to an aromatic ring is 1. The molecular formula is C9H11N5. The molecule has 0 atom stereocenters. The van der Waals surface area contributed by atoms with Crippen LogP contribution in [0.1, 0.15) is 25.3 Å². The lowest BCUT2D eigenvalue weighted by molar-refractivity contribution is 0.314. The predicted molar refractivity (Wildman–Crippen MR) is 51.7 cm³/mol. The van der Waals surface area contributed by atoms with Crippen LogP contribution in [0.15, 0.2) is 12.5 Å². The maximum absolute atomic E-state index is 5.84. The fraction of sp³-hybridized carbons (Fsp3) is 0.444. The summed E-state index contributed by atoms with van der Waals surface area (Å²) in [5.41, 5.74) is 6.67. The second kappa shape index (κ2) is 2.67. The molecule has 0 radical (unpaired) electrons. The van der Waals surface area contributed by atoms with Gasteiger partial charge in [0.25, 0.3) is 0 Å². The van der Waals surface area contributed by atoms with E-state index in [1.54, 1.807) is 0 Å². The molecule has 1 fully saturated rings. The third-order valence-corrected chi connectivity index (χ3v) is 2.82. The summed E-state index contributed by atoms with van der Waals surface area (Å²) in [6.45, 7) is 0. The van der Waals surface area contributed by atoms with E-state index in [9.17, 15) is 0 Å². The van der Waals surface area contributed by atoms with Crippen LogP contribution in [0, 0.1) is 0 Å². The predicted octanol–water partition coefficient (Wildman–Crippen LogP) is 1.09. The zero-order chi connectivity index (χ0) is 9.54. The third kappa shape index (κ3) is 0.982. The van der Waals surface area contributed by atoms with Gasteiger partial charge in [-0.15, -0.1) is 0 Å². The Morgan fingerprint density at radius 3 is 2.93 bits per heavy atom. The molecule has 3 aliphatic rings. The van der Waals surface area contributed by atoms with Crippen LogP contribution in [0.25, 0.3) is 11.5 Å². The molecule has 2 aliphatic heterocycles. The monoisotopic (exact) mass is 189 g/mol. The lowest BCUT2D eigenvalue weighted by atomic mass is 9.93. The molecule has 0 amide bonds. The highest BCUT2D eigenvalue weighted by molar-refractivity contribution is 5.51. The highest BCUT2D eigenvalue weighted by Gasteiger charge is 2.22. The Hall–Kier alpha value is -1.65. The van der Waals surface area contributed by atoms with Crippen LogP contribution in [-0.4, -0.2) is 19.5 Å². The summed E-state index contributed by atoms with van der Waals surface area (Å²) in [5, 5.41) is 0. The van der Waals surface area contributed by atoms with Crippen molar-refractivity contribution in [2.24, 2.45) is 0 Å². The van der Waals surface area contributed by atoms with Crippen LogP contribution in [-0.2, 0) is 0 Å². The quantitative estimate of drug-likeness (QED) is 0.728. The molecule has 1 saturated carbocycles. The van der Waals surface area contributed by atoms with Gasteiger partial charge in [0.2, 0.25) is 5.95 Å². The fourth-order valence-corrected chi connectivity index (χ4v) is 1.77. The van der Waals surface area contributed by atoms with E-state index >= 15 is 0 Å². The van der Waals surface area contributed by atoms with Crippen molar-refractivity contribution in [1.82, 2.24) is 19.5 Å². The van der Waals surface area contributed by atoms with Crippen LogP contribution in [0.3, 0.4) is 0 Å². The van der Waals surface area contributed by atoms with Crippen molar-refractivity contribution in [3.05, 3.63) is 12.5 Å². The molecular weight excluding hydrogens is 178 g/mol. The zero-order valence-corrected chi connectivity index (χ0v) is 7.72. The number of nitrogens with two attached hydrogens (primary N) is 1. The Morgan fingerprint density at radius 1 is 1.36 bits per heavy atom. The smallest absolute Gasteiger partial charge is 0.202 e. The van der Waals surface area contributed by atoms with Crippen LogP contribution in [0.4, 0.5) is 5.95 Å². The minimum absolute atomic E-state index is 0.517. The van der Waals surface area contributed by atoms with Gasteiger partial charge in [-0.2, -0.15) is 4.98 Å². The molecule has 2 N–H and O–H groups in total. The van der Waals surface area contributed by atoms with Crippen LogP contribution < -0.4 is 5.73 Å². The van der Waals surface area contributed by atoms with Crippen molar-refractivity contribution in [2.45, 2.75) is 25.3 Å². The Labute approximate surface area is 81.3 Å². The second-order valence-corrected chi connectivity index (χ2v) is 3.67. The van der Waals surface area contributed by atoms with Crippen molar-refractivity contribution in [3.8, 4) is 11.5 Å². The Kier molecular flexibility index (Phi) is 1.47. The van der Waals surface area contributed by atoms with E-state index < -0.39 is 0 Å². The SMILES string of the molecule is Nc1nc2ncnc-2cn1C1CCC1. The molecule has 72 valence electrons. The standard InChI is InChI=1S/C9H11N5/c10-9-13-8-7(11-5-12-8)4-14(9)6-2-1-3-6/h4-6H,1-3H2,(H2,10,11,12,13). The lowest BCUT2D eigenvalue weighted by Gasteiger charge is -2.29. The first-order chi connectivity index (χ1) is 6.84. The van der Waals surface area contributed by atoms with Gasteiger partial charge in [0.05, 0.1) is 0 Å². The lowest BCUT2D eigenvalue weighted by Crippen LogP contribution is -2.21. The van der Waals surface area contributed by atoms with Crippen LogP contribution >= 0.6 is 0 Å². The van der Waals surface area contributed by atoms with Gasteiger partial charge >= 0.3 is 0 Å². The van der Waals surface area contributed by atoms with Crippen molar-refractivity contribution in [2.75, 3.05) is 5.73 Å². The molecule has 2 heterocycles. The van der Waals surface area contributed by atoms with E-state index in [0.29, 0.717) is 17.8 Å². The van der Waals surface area contributed by atoms with Gasteiger partial charge in [0.1, 0.15) is 12.0 Å². The molecule has 0 aromatic rings. The van der Waals surface area contributed by atoms with E-state index in [2.05, 4.69) is 15.0 Å². The van der Waals surface area contributed by atoms with Gasteiger partial charge in [-0.3, -0.25) is 0 Å². The molecule has 0 aromatic heterocycles. The number of hydrogen-bond acceptors (Lipinski definition) is 4. The summed E-state index contributed by atoms with van der Waals surface area (Å²) in [7, 11) is 0. The molecule has 0 aromatic carbocycles. The fourth-order valence-electron chi connectivity index (χ4n) is 1.77. The van der Waals surface area contributed by atoms with E-state index in [1.165, 1.54) is 25.6 Å². The highest BCUT2D eigenvalue weighted by Crippen LogP contribution is 2.33. The number of fused-ring (bicyclic) bond motifs is 1. The molecule has 0 unspecified atom stereocenters. The largest absolute Gasteiger partial charge is 0.369 e. The average Bonchev–Trinajstić information content (AvgIpc) is 2.48.